The molecule has 3 rings (SSSR count). The van der Waals surface area contributed by atoms with Crippen molar-refractivity contribution in [2.75, 3.05) is 20.2 Å². The Morgan fingerprint density at radius 3 is 3.09 bits per heavy atom. The molecule has 2 aromatic heterocycles. The van der Waals surface area contributed by atoms with Crippen molar-refractivity contribution < 1.29 is 9.53 Å². The lowest BCUT2D eigenvalue weighted by Gasteiger charge is -2.24. The maximum atomic E-state index is 12.5. The molecule has 2 aromatic rings. The molecule has 0 radical (unpaired) electrons. The number of amides is 1. The Hall–Kier alpha value is -2.28. The largest absolute Gasteiger partial charge is 0.376 e. The van der Waals surface area contributed by atoms with Crippen molar-refractivity contribution in [1.29, 1.82) is 0 Å². The number of carbonyl (C=O) groups is 1. The molecule has 1 saturated heterocycles. The van der Waals surface area contributed by atoms with Crippen LogP contribution < -0.4 is 0 Å². The lowest BCUT2D eigenvalue weighted by molar-refractivity contribution is -0.130. The van der Waals surface area contributed by atoms with E-state index < -0.39 is 0 Å². The third-order valence-electron chi connectivity index (χ3n) is 4.33. The molecule has 0 aliphatic carbocycles. The lowest BCUT2D eigenvalue weighted by Crippen LogP contribution is -2.37. The van der Waals surface area contributed by atoms with Gasteiger partial charge in [-0.1, -0.05) is 6.07 Å². The van der Waals surface area contributed by atoms with E-state index in [0.29, 0.717) is 19.6 Å². The molecular formula is C16H21N5O2. The molecule has 2 atom stereocenters. The molecule has 1 aliphatic rings. The van der Waals surface area contributed by atoms with Gasteiger partial charge in [0.25, 0.3) is 0 Å². The third kappa shape index (κ3) is 3.56. The molecule has 0 bridgehead atoms. The highest BCUT2D eigenvalue weighted by atomic mass is 16.5. The van der Waals surface area contributed by atoms with Gasteiger partial charge in [-0.3, -0.25) is 14.9 Å². The maximum absolute atomic E-state index is 12.5. The summed E-state index contributed by atoms with van der Waals surface area (Å²) in [7, 11) is 1.81. The summed E-state index contributed by atoms with van der Waals surface area (Å²) >= 11 is 0. The number of ether oxygens (including phenoxy) is 1. The molecule has 7 nitrogen and oxygen atoms in total. The van der Waals surface area contributed by atoms with Crippen molar-refractivity contribution in [2.24, 2.45) is 0 Å². The SMILES string of the molecule is Cc1ncccc1CC(=O)N(C)C[C@H]1OCC[C@H]1c1ncn[nH]1. The molecule has 1 amide bonds. The molecule has 0 spiro atoms. The van der Waals surface area contributed by atoms with E-state index in [9.17, 15) is 4.79 Å². The van der Waals surface area contributed by atoms with Crippen molar-refractivity contribution in [1.82, 2.24) is 25.1 Å². The summed E-state index contributed by atoms with van der Waals surface area (Å²) < 4.78 is 5.79. The van der Waals surface area contributed by atoms with E-state index in [1.807, 2.05) is 26.1 Å². The maximum Gasteiger partial charge on any atom is 0.226 e. The van der Waals surface area contributed by atoms with Gasteiger partial charge in [0.2, 0.25) is 5.91 Å². The zero-order valence-corrected chi connectivity index (χ0v) is 13.4. The Morgan fingerprint density at radius 2 is 2.35 bits per heavy atom. The molecule has 1 aliphatic heterocycles. The number of hydrogen-bond acceptors (Lipinski definition) is 5. The molecule has 122 valence electrons. The topological polar surface area (TPSA) is 84.0 Å². The third-order valence-corrected chi connectivity index (χ3v) is 4.33. The van der Waals surface area contributed by atoms with Crippen LogP contribution in [0.3, 0.4) is 0 Å². The van der Waals surface area contributed by atoms with Crippen LogP contribution in [-0.4, -0.2) is 57.3 Å². The van der Waals surface area contributed by atoms with E-state index in [4.69, 9.17) is 4.74 Å². The normalized spacial score (nSPS) is 20.6. The number of nitrogens with one attached hydrogen (secondary N) is 1. The van der Waals surface area contributed by atoms with Crippen LogP contribution in [0.25, 0.3) is 0 Å². The van der Waals surface area contributed by atoms with E-state index in [0.717, 1.165) is 23.5 Å². The Morgan fingerprint density at radius 1 is 1.48 bits per heavy atom. The summed E-state index contributed by atoms with van der Waals surface area (Å²) in [4.78, 5) is 22.6. The van der Waals surface area contributed by atoms with Gasteiger partial charge in [-0.05, 0) is 25.0 Å². The van der Waals surface area contributed by atoms with E-state index in [-0.39, 0.29) is 17.9 Å². The molecule has 3 heterocycles. The van der Waals surface area contributed by atoms with Gasteiger partial charge in [-0.2, -0.15) is 5.10 Å². The van der Waals surface area contributed by atoms with Crippen LogP contribution >= 0.6 is 0 Å². The van der Waals surface area contributed by atoms with Gasteiger partial charge in [0, 0.05) is 38.0 Å². The summed E-state index contributed by atoms with van der Waals surface area (Å²) in [6, 6.07) is 3.80. The zero-order chi connectivity index (χ0) is 16.2. The van der Waals surface area contributed by atoms with Crippen molar-refractivity contribution in [3.05, 3.63) is 41.7 Å². The predicted molar refractivity (Wildman–Crippen MR) is 83.8 cm³/mol. The molecular weight excluding hydrogens is 294 g/mol. The Bertz CT molecular complexity index is 658. The minimum Gasteiger partial charge on any atom is -0.376 e. The molecule has 1 fully saturated rings. The number of aryl methyl sites for hydroxylation is 1. The summed E-state index contributed by atoms with van der Waals surface area (Å²) in [6.07, 6.45) is 4.44. The second-order valence-electron chi connectivity index (χ2n) is 5.87. The standard InChI is InChI=1S/C16H21N5O2/c1-11-12(4-3-6-17-11)8-15(22)21(2)9-14-13(5-7-23-14)16-18-10-19-20-16/h3-4,6,10,13-14H,5,7-9H2,1-2H3,(H,18,19,20)/t13-,14-/m1/s1. The van der Waals surface area contributed by atoms with Crippen molar-refractivity contribution >= 4 is 5.91 Å². The van der Waals surface area contributed by atoms with Gasteiger partial charge in [-0.25, -0.2) is 4.98 Å². The monoisotopic (exact) mass is 315 g/mol. The van der Waals surface area contributed by atoms with Crippen LogP contribution in [0.4, 0.5) is 0 Å². The highest BCUT2D eigenvalue weighted by molar-refractivity contribution is 5.78. The second kappa shape index (κ2) is 6.87. The van der Waals surface area contributed by atoms with E-state index in [1.54, 1.807) is 11.1 Å². The van der Waals surface area contributed by atoms with Gasteiger partial charge < -0.3 is 9.64 Å². The molecule has 0 saturated carbocycles. The number of pyridine rings is 1. The number of carbonyl (C=O) groups excluding carboxylic acids is 1. The van der Waals surface area contributed by atoms with Crippen LogP contribution in [-0.2, 0) is 16.0 Å². The first-order valence-corrected chi connectivity index (χ1v) is 7.76. The van der Waals surface area contributed by atoms with Crippen LogP contribution in [0.5, 0.6) is 0 Å². The zero-order valence-electron chi connectivity index (χ0n) is 13.4. The fourth-order valence-corrected chi connectivity index (χ4v) is 2.91. The Kier molecular flexibility index (Phi) is 4.66. The average Bonchev–Trinajstić information content (AvgIpc) is 3.20. The van der Waals surface area contributed by atoms with Crippen LogP contribution in [0.1, 0.15) is 29.4 Å². The number of aromatic amines is 1. The minimum atomic E-state index is -0.0492. The van der Waals surface area contributed by atoms with Crippen LogP contribution in [0.15, 0.2) is 24.7 Å². The number of likely N-dealkylation sites (N-methyl/N-ethyl adjacent to an activating group) is 1. The summed E-state index contributed by atoms with van der Waals surface area (Å²) in [5, 5.41) is 6.81. The van der Waals surface area contributed by atoms with Gasteiger partial charge in [0.1, 0.15) is 12.2 Å². The Labute approximate surface area is 135 Å². The molecule has 1 N–H and O–H groups in total. The number of nitrogens with zero attached hydrogens (tertiary/aromatic N) is 4. The van der Waals surface area contributed by atoms with Crippen molar-refractivity contribution in [3.63, 3.8) is 0 Å². The first-order chi connectivity index (χ1) is 11.1. The molecule has 0 unspecified atom stereocenters. The molecule has 7 heteroatoms. The number of rotatable bonds is 5. The highest BCUT2D eigenvalue weighted by Crippen LogP contribution is 2.29. The van der Waals surface area contributed by atoms with Gasteiger partial charge >= 0.3 is 0 Å². The van der Waals surface area contributed by atoms with E-state index in [1.165, 1.54) is 6.33 Å². The van der Waals surface area contributed by atoms with Gasteiger partial charge in [0.05, 0.1) is 12.5 Å². The summed E-state index contributed by atoms with van der Waals surface area (Å²) in [5.41, 5.74) is 1.86. The molecule has 0 aromatic carbocycles. The quantitative estimate of drug-likeness (QED) is 0.892. The second-order valence-corrected chi connectivity index (χ2v) is 5.87. The fourth-order valence-electron chi connectivity index (χ4n) is 2.91. The summed E-state index contributed by atoms with van der Waals surface area (Å²) in [6.45, 7) is 3.14. The number of H-pyrrole nitrogens is 1. The van der Waals surface area contributed by atoms with E-state index in [2.05, 4.69) is 20.2 Å². The smallest absolute Gasteiger partial charge is 0.226 e. The average molecular weight is 315 g/mol. The molecule has 23 heavy (non-hydrogen) atoms. The lowest BCUT2D eigenvalue weighted by atomic mass is 10.00. The van der Waals surface area contributed by atoms with Gasteiger partial charge in [-0.15, -0.1) is 0 Å². The number of aromatic nitrogens is 4. The number of hydrogen-bond donors (Lipinski definition) is 1. The van der Waals surface area contributed by atoms with Crippen LogP contribution in [0.2, 0.25) is 0 Å². The predicted octanol–water partition coefficient (Wildman–Crippen LogP) is 1.08. The minimum absolute atomic E-state index is 0.0492. The summed E-state index contributed by atoms with van der Waals surface area (Å²) in [5.74, 6) is 1.05. The first-order valence-electron chi connectivity index (χ1n) is 7.76. The van der Waals surface area contributed by atoms with E-state index >= 15 is 0 Å². The highest BCUT2D eigenvalue weighted by Gasteiger charge is 2.33. The van der Waals surface area contributed by atoms with Gasteiger partial charge in [0.15, 0.2) is 0 Å². The Balaban J connectivity index is 1.61. The van der Waals surface area contributed by atoms with Crippen molar-refractivity contribution in [2.45, 2.75) is 31.8 Å². The van der Waals surface area contributed by atoms with Crippen LogP contribution in [0, 0.1) is 6.92 Å². The van der Waals surface area contributed by atoms with Crippen molar-refractivity contribution in [3.8, 4) is 0 Å². The first kappa shape index (κ1) is 15.6. The fraction of sp³-hybridized carbons (Fsp3) is 0.500.